The first-order valence-electron chi connectivity index (χ1n) is 4.13. The Morgan fingerprint density at radius 3 is 2.75 bits per heavy atom. The number of hydrogen-bond donors (Lipinski definition) is 0. The third kappa shape index (κ3) is 2.43. The highest BCUT2D eigenvalue weighted by Gasteiger charge is 2.29. The Kier molecular flexibility index (Phi) is 3.09. The highest BCUT2D eigenvalue weighted by atomic mass is 32.3. The van der Waals surface area contributed by atoms with E-state index in [2.05, 4.69) is 4.18 Å². The van der Waals surface area contributed by atoms with E-state index in [1.807, 2.05) is 13.8 Å². The first kappa shape index (κ1) is 9.95. The van der Waals surface area contributed by atoms with Gasteiger partial charge in [0.05, 0.1) is 12.7 Å². The summed E-state index contributed by atoms with van der Waals surface area (Å²) in [6.45, 7) is 4.24. The van der Waals surface area contributed by atoms with Crippen molar-refractivity contribution in [3.8, 4) is 0 Å². The Hall–Kier alpha value is -0.130. The van der Waals surface area contributed by atoms with Gasteiger partial charge in [-0.3, -0.25) is 0 Å². The Bertz CT molecular complexity index is 234. The fourth-order valence-corrected chi connectivity index (χ4v) is 2.08. The third-order valence-electron chi connectivity index (χ3n) is 2.15. The molecule has 4 nitrogen and oxygen atoms in total. The van der Waals surface area contributed by atoms with Gasteiger partial charge in [0, 0.05) is 6.42 Å². The van der Waals surface area contributed by atoms with Crippen molar-refractivity contribution in [3.63, 3.8) is 0 Å². The van der Waals surface area contributed by atoms with Crippen molar-refractivity contribution in [2.75, 3.05) is 6.61 Å². The second-order valence-corrected chi connectivity index (χ2v) is 4.28. The Morgan fingerprint density at radius 1 is 1.58 bits per heavy atom. The van der Waals surface area contributed by atoms with Gasteiger partial charge in [0.25, 0.3) is 0 Å². The Balaban J connectivity index is 2.58. The van der Waals surface area contributed by atoms with Crippen LogP contribution in [-0.4, -0.2) is 21.1 Å². The Morgan fingerprint density at radius 2 is 2.25 bits per heavy atom. The molecule has 2 atom stereocenters. The van der Waals surface area contributed by atoms with Crippen molar-refractivity contribution in [2.45, 2.75) is 32.8 Å². The topological polar surface area (TPSA) is 52.6 Å². The molecule has 1 saturated heterocycles. The van der Waals surface area contributed by atoms with Gasteiger partial charge in [-0.1, -0.05) is 20.3 Å². The van der Waals surface area contributed by atoms with E-state index in [4.69, 9.17) is 4.18 Å². The molecule has 0 aromatic heterocycles. The lowest BCUT2D eigenvalue weighted by molar-refractivity contribution is 0.0564. The first-order valence-corrected chi connectivity index (χ1v) is 5.46. The predicted molar refractivity (Wildman–Crippen MR) is 43.8 cm³/mol. The Labute approximate surface area is 73.2 Å². The van der Waals surface area contributed by atoms with Crippen LogP contribution in [0, 0.1) is 5.92 Å². The number of hydrogen-bond acceptors (Lipinski definition) is 4. The molecule has 1 rings (SSSR count). The minimum atomic E-state index is -3.69. The van der Waals surface area contributed by atoms with Crippen molar-refractivity contribution < 1.29 is 16.8 Å². The molecular formula is C7H14O4S. The summed E-state index contributed by atoms with van der Waals surface area (Å²) < 4.78 is 30.9. The second-order valence-electron chi connectivity index (χ2n) is 3.04. The lowest BCUT2D eigenvalue weighted by Gasteiger charge is -2.25. The summed E-state index contributed by atoms with van der Waals surface area (Å²) in [7, 11) is -3.69. The van der Waals surface area contributed by atoms with Crippen LogP contribution >= 0.6 is 0 Å². The van der Waals surface area contributed by atoms with Crippen LogP contribution in [0.3, 0.4) is 0 Å². The van der Waals surface area contributed by atoms with Gasteiger partial charge in [-0.25, -0.2) is 8.37 Å². The van der Waals surface area contributed by atoms with E-state index >= 15 is 0 Å². The standard InChI is InChI=1S/C7H14O4S/c1-3-6(2)7-4-5-10-12(8,9)11-7/h6-7H,3-5H2,1-2H3. The van der Waals surface area contributed by atoms with Crippen molar-refractivity contribution in [1.82, 2.24) is 0 Å². The van der Waals surface area contributed by atoms with Crippen LogP contribution in [0.2, 0.25) is 0 Å². The maximum atomic E-state index is 10.8. The first-order chi connectivity index (χ1) is 5.55. The van der Waals surface area contributed by atoms with Crippen LogP contribution in [0.25, 0.3) is 0 Å². The fraction of sp³-hybridized carbons (Fsp3) is 1.00. The third-order valence-corrected chi connectivity index (χ3v) is 3.09. The monoisotopic (exact) mass is 194 g/mol. The lowest BCUT2D eigenvalue weighted by atomic mass is 10.00. The van der Waals surface area contributed by atoms with Gasteiger partial charge in [-0.2, -0.15) is 8.42 Å². The van der Waals surface area contributed by atoms with E-state index in [0.29, 0.717) is 6.42 Å². The van der Waals surface area contributed by atoms with E-state index in [1.54, 1.807) is 0 Å². The zero-order chi connectivity index (χ0) is 9.19. The highest BCUT2D eigenvalue weighted by molar-refractivity contribution is 7.81. The molecule has 0 radical (unpaired) electrons. The predicted octanol–water partition coefficient (Wildman–Crippen LogP) is 1.08. The average molecular weight is 194 g/mol. The molecule has 1 aliphatic rings. The molecular weight excluding hydrogens is 180 g/mol. The molecule has 0 amide bonds. The second kappa shape index (κ2) is 3.72. The van der Waals surface area contributed by atoms with E-state index in [9.17, 15) is 8.42 Å². The van der Waals surface area contributed by atoms with Gasteiger partial charge >= 0.3 is 10.4 Å². The SMILES string of the molecule is CCC(C)C1CCOS(=O)(=O)O1. The molecule has 12 heavy (non-hydrogen) atoms. The minimum Gasteiger partial charge on any atom is -0.248 e. The van der Waals surface area contributed by atoms with E-state index in [1.165, 1.54) is 0 Å². The molecule has 0 saturated carbocycles. The van der Waals surface area contributed by atoms with Crippen molar-refractivity contribution in [3.05, 3.63) is 0 Å². The van der Waals surface area contributed by atoms with Crippen LogP contribution in [0.4, 0.5) is 0 Å². The number of rotatable bonds is 2. The summed E-state index contributed by atoms with van der Waals surface area (Å²) in [5.41, 5.74) is 0. The zero-order valence-electron chi connectivity index (χ0n) is 7.32. The van der Waals surface area contributed by atoms with Gasteiger partial charge < -0.3 is 0 Å². The van der Waals surface area contributed by atoms with E-state index in [-0.39, 0.29) is 18.6 Å². The molecule has 0 aliphatic carbocycles. The highest BCUT2D eigenvalue weighted by Crippen LogP contribution is 2.22. The minimum absolute atomic E-state index is 0.200. The molecule has 1 fully saturated rings. The van der Waals surface area contributed by atoms with Crippen LogP contribution in [-0.2, 0) is 18.8 Å². The smallest absolute Gasteiger partial charge is 0.248 e. The molecule has 0 spiro atoms. The maximum absolute atomic E-state index is 10.8. The van der Waals surface area contributed by atoms with Crippen molar-refractivity contribution in [2.24, 2.45) is 5.92 Å². The summed E-state index contributed by atoms with van der Waals surface area (Å²) in [5, 5.41) is 0. The zero-order valence-corrected chi connectivity index (χ0v) is 8.13. The normalized spacial score (nSPS) is 31.3. The summed E-state index contributed by atoms with van der Waals surface area (Å²) >= 11 is 0. The molecule has 5 heteroatoms. The van der Waals surface area contributed by atoms with Crippen LogP contribution in [0.1, 0.15) is 26.7 Å². The van der Waals surface area contributed by atoms with E-state index in [0.717, 1.165) is 6.42 Å². The maximum Gasteiger partial charge on any atom is 0.400 e. The summed E-state index contributed by atoms with van der Waals surface area (Å²) in [5.74, 6) is 0.267. The quantitative estimate of drug-likeness (QED) is 0.660. The summed E-state index contributed by atoms with van der Waals surface area (Å²) in [6, 6.07) is 0. The van der Waals surface area contributed by atoms with Gasteiger partial charge in [0.1, 0.15) is 0 Å². The molecule has 0 aromatic carbocycles. The fourth-order valence-electron chi connectivity index (χ4n) is 1.14. The lowest BCUT2D eigenvalue weighted by Crippen LogP contribution is -2.32. The molecule has 1 aliphatic heterocycles. The van der Waals surface area contributed by atoms with Crippen LogP contribution < -0.4 is 0 Å². The molecule has 0 aromatic rings. The molecule has 0 bridgehead atoms. The van der Waals surface area contributed by atoms with E-state index < -0.39 is 10.4 Å². The molecule has 72 valence electrons. The summed E-state index contributed by atoms with van der Waals surface area (Å²) in [4.78, 5) is 0. The largest absolute Gasteiger partial charge is 0.400 e. The van der Waals surface area contributed by atoms with Crippen LogP contribution in [0.15, 0.2) is 0 Å². The van der Waals surface area contributed by atoms with Gasteiger partial charge in [0.15, 0.2) is 0 Å². The average Bonchev–Trinajstić information content (AvgIpc) is 2.01. The molecule has 0 N–H and O–H groups in total. The van der Waals surface area contributed by atoms with Crippen LogP contribution in [0.5, 0.6) is 0 Å². The van der Waals surface area contributed by atoms with Crippen molar-refractivity contribution >= 4 is 10.4 Å². The summed E-state index contributed by atoms with van der Waals surface area (Å²) in [6.07, 6.45) is 1.38. The van der Waals surface area contributed by atoms with Gasteiger partial charge in [-0.15, -0.1) is 0 Å². The molecule has 1 heterocycles. The van der Waals surface area contributed by atoms with Gasteiger partial charge in [-0.05, 0) is 5.92 Å². The molecule has 2 unspecified atom stereocenters. The van der Waals surface area contributed by atoms with Gasteiger partial charge in [0.2, 0.25) is 0 Å². The van der Waals surface area contributed by atoms with Crippen molar-refractivity contribution in [1.29, 1.82) is 0 Å².